The van der Waals surface area contributed by atoms with Crippen molar-refractivity contribution in [2.75, 3.05) is 5.32 Å². The van der Waals surface area contributed by atoms with E-state index in [1.807, 2.05) is 39.8 Å². The molecule has 0 fully saturated rings. The summed E-state index contributed by atoms with van der Waals surface area (Å²) < 4.78 is 0. The third kappa shape index (κ3) is 4.05. The Bertz CT molecular complexity index is 689. The average molecular weight is 330 g/mol. The molecule has 2 rings (SSSR count). The molecule has 0 aliphatic heterocycles. The van der Waals surface area contributed by atoms with Gasteiger partial charge in [0.1, 0.15) is 5.00 Å². The van der Waals surface area contributed by atoms with E-state index in [9.17, 15) is 9.59 Å². The zero-order valence-electron chi connectivity index (χ0n) is 13.9. The Labute approximate surface area is 141 Å². The van der Waals surface area contributed by atoms with Gasteiger partial charge in [0, 0.05) is 11.5 Å². The summed E-state index contributed by atoms with van der Waals surface area (Å²) in [6.07, 6.45) is 0.791. The largest absolute Gasteiger partial charge is 0.316 e. The summed E-state index contributed by atoms with van der Waals surface area (Å²) in [5, 5.41) is 3.76. The zero-order chi connectivity index (χ0) is 17.0. The van der Waals surface area contributed by atoms with Crippen LogP contribution < -0.4 is 5.32 Å². The second-order valence-electron chi connectivity index (χ2n) is 5.83. The molecule has 23 heavy (non-hydrogen) atoms. The summed E-state index contributed by atoms with van der Waals surface area (Å²) in [6.45, 7) is 7.64. The van der Waals surface area contributed by atoms with Crippen LogP contribution in [0.15, 0.2) is 29.8 Å². The van der Waals surface area contributed by atoms with E-state index in [1.165, 1.54) is 11.3 Å². The number of hydrogen-bond acceptors (Lipinski definition) is 4. The predicted molar refractivity (Wildman–Crippen MR) is 94.1 cm³/mol. The second-order valence-corrected chi connectivity index (χ2v) is 6.69. The molecule has 0 aliphatic carbocycles. The van der Waals surface area contributed by atoms with Gasteiger partial charge in [0.2, 0.25) is 5.91 Å². The number of nitrogens with zero attached hydrogens (tertiary/aromatic N) is 1. The summed E-state index contributed by atoms with van der Waals surface area (Å²) >= 11 is 1.44. The van der Waals surface area contributed by atoms with Crippen LogP contribution in [-0.4, -0.2) is 16.7 Å². The highest BCUT2D eigenvalue weighted by Gasteiger charge is 2.18. The Balaban J connectivity index is 2.09. The number of nitrogens with one attached hydrogen (secondary N) is 1. The molecule has 1 N–H and O–H groups in total. The van der Waals surface area contributed by atoms with Gasteiger partial charge < -0.3 is 5.32 Å². The summed E-state index contributed by atoms with van der Waals surface area (Å²) in [5.74, 6) is -0.261. The van der Waals surface area contributed by atoms with Crippen molar-refractivity contribution in [3.8, 4) is 0 Å². The van der Waals surface area contributed by atoms with Crippen molar-refractivity contribution in [1.82, 2.24) is 4.98 Å². The minimum atomic E-state index is -0.287. The first-order valence-electron chi connectivity index (χ1n) is 7.81. The van der Waals surface area contributed by atoms with Gasteiger partial charge in [-0.15, -0.1) is 11.3 Å². The fourth-order valence-corrected chi connectivity index (χ4v) is 3.04. The average Bonchev–Trinajstić information content (AvgIpc) is 3.00. The zero-order valence-corrected chi connectivity index (χ0v) is 14.7. The molecular weight excluding hydrogens is 308 g/mol. The normalized spacial score (nSPS) is 12.2. The van der Waals surface area contributed by atoms with Crippen LogP contribution in [0, 0.1) is 5.92 Å². The molecule has 1 heterocycles. The highest BCUT2D eigenvalue weighted by molar-refractivity contribution is 7.14. The number of carbonyl (C=O) groups excluding carboxylic acids is 2. The van der Waals surface area contributed by atoms with Crippen LogP contribution in [0.5, 0.6) is 0 Å². The minimum absolute atomic E-state index is 0.0274. The Kier molecular flexibility index (Phi) is 5.66. The smallest absolute Gasteiger partial charge is 0.232 e. The third-order valence-electron chi connectivity index (χ3n) is 3.83. The number of aryl methyl sites for hydroxylation is 1. The van der Waals surface area contributed by atoms with E-state index >= 15 is 0 Å². The molecule has 122 valence electrons. The number of anilines is 1. The number of thiazole rings is 1. The molecular formula is C18H22N2O2S. The molecule has 1 aromatic carbocycles. The Hall–Kier alpha value is -2.01. The molecule has 0 radical (unpaired) electrons. The van der Waals surface area contributed by atoms with Crippen LogP contribution in [0.3, 0.4) is 0 Å². The first kappa shape index (κ1) is 17.3. The molecule has 1 aromatic heterocycles. The lowest BCUT2D eigenvalue weighted by Gasteiger charge is -2.13. The highest BCUT2D eigenvalue weighted by atomic mass is 32.1. The number of Topliss-reactive ketones (excluding diaryl/α,β-unsaturated/α-hetero) is 1. The predicted octanol–water partition coefficient (Wildman–Crippen LogP) is 4.29. The van der Waals surface area contributed by atoms with E-state index in [1.54, 1.807) is 17.6 Å². The molecule has 0 saturated heterocycles. The van der Waals surface area contributed by atoms with E-state index < -0.39 is 0 Å². The molecule has 0 bridgehead atoms. The van der Waals surface area contributed by atoms with E-state index in [2.05, 4.69) is 10.3 Å². The lowest BCUT2D eigenvalue weighted by molar-refractivity contribution is -0.117. The number of hydrogen-bond donors (Lipinski definition) is 1. The van der Waals surface area contributed by atoms with Gasteiger partial charge in [-0.25, -0.2) is 4.98 Å². The Morgan fingerprint density at radius 3 is 2.39 bits per heavy atom. The van der Waals surface area contributed by atoms with Crippen molar-refractivity contribution in [3.05, 3.63) is 46.6 Å². The number of amides is 1. The lowest BCUT2D eigenvalue weighted by Crippen LogP contribution is -2.19. The summed E-state index contributed by atoms with van der Waals surface area (Å²) in [5.41, 5.74) is 4.23. The van der Waals surface area contributed by atoms with Gasteiger partial charge in [0.05, 0.1) is 17.1 Å². The van der Waals surface area contributed by atoms with Crippen molar-refractivity contribution in [3.63, 3.8) is 0 Å². The van der Waals surface area contributed by atoms with Crippen LogP contribution >= 0.6 is 11.3 Å². The molecule has 1 amide bonds. The number of carbonyl (C=O) groups is 2. The fraction of sp³-hybridized carbons (Fsp3) is 0.389. The molecule has 4 nitrogen and oxygen atoms in total. The van der Waals surface area contributed by atoms with Gasteiger partial charge in [0.15, 0.2) is 5.78 Å². The van der Waals surface area contributed by atoms with Gasteiger partial charge >= 0.3 is 0 Å². The quantitative estimate of drug-likeness (QED) is 0.804. The summed E-state index contributed by atoms with van der Waals surface area (Å²) in [6, 6.07) is 7.30. The Morgan fingerprint density at radius 2 is 1.83 bits per heavy atom. The van der Waals surface area contributed by atoms with Gasteiger partial charge in [-0.3, -0.25) is 9.59 Å². The SMILES string of the molecule is CCc1ncsc1NC(=O)[C@@H](C)c1ccc(C(=O)C(C)C)cc1. The fourth-order valence-electron chi connectivity index (χ4n) is 2.26. The second kappa shape index (κ2) is 7.51. The number of rotatable bonds is 6. The topological polar surface area (TPSA) is 59.1 Å². The van der Waals surface area contributed by atoms with Crippen molar-refractivity contribution >= 4 is 28.0 Å². The molecule has 2 aromatic rings. The lowest BCUT2D eigenvalue weighted by atomic mass is 9.95. The van der Waals surface area contributed by atoms with Gasteiger partial charge in [-0.2, -0.15) is 0 Å². The molecule has 5 heteroatoms. The summed E-state index contributed by atoms with van der Waals surface area (Å²) in [7, 11) is 0. The van der Waals surface area contributed by atoms with E-state index in [4.69, 9.17) is 0 Å². The summed E-state index contributed by atoms with van der Waals surface area (Å²) in [4.78, 5) is 28.6. The van der Waals surface area contributed by atoms with Crippen LogP contribution in [0.4, 0.5) is 5.00 Å². The van der Waals surface area contributed by atoms with Crippen LogP contribution in [0.25, 0.3) is 0 Å². The maximum Gasteiger partial charge on any atom is 0.232 e. The Morgan fingerprint density at radius 1 is 1.17 bits per heavy atom. The molecule has 0 aliphatic rings. The van der Waals surface area contributed by atoms with E-state index in [0.717, 1.165) is 22.7 Å². The number of benzene rings is 1. The van der Waals surface area contributed by atoms with E-state index in [0.29, 0.717) is 5.56 Å². The molecule has 0 unspecified atom stereocenters. The van der Waals surface area contributed by atoms with Crippen molar-refractivity contribution < 1.29 is 9.59 Å². The highest BCUT2D eigenvalue weighted by Crippen LogP contribution is 2.24. The van der Waals surface area contributed by atoms with Gasteiger partial charge in [-0.05, 0) is 18.9 Å². The van der Waals surface area contributed by atoms with Crippen LogP contribution in [0.1, 0.15) is 55.2 Å². The number of aromatic nitrogens is 1. The maximum absolute atomic E-state index is 12.4. The van der Waals surface area contributed by atoms with Crippen molar-refractivity contribution in [1.29, 1.82) is 0 Å². The first-order chi connectivity index (χ1) is 10.9. The van der Waals surface area contributed by atoms with E-state index in [-0.39, 0.29) is 23.5 Å². The van der Waals surface area contributed by atoms with Crippen LogP contribution in [0.2, 0.25) is 0 Å². The molecule has 0 spiro atoms. The maximum atomic E-state index is 12.4. The first-order valence-corrected chi connectivity index (χ1v) is 8.69. The minimum Gasteiger partial charge on any atom is -0.316 e. The van der Waals surface area contributed by atoms with Crippen molar-refractivity contribution in [2.45, 2.75) is 40.0 Å². The van der Waals surface area contributed by atoms with Crippen LogP contribution in [-0.2, 0) is 11.2 Å². The van der Waals surface area contributed by atoms with Crippen molar-refractivity contribution in [2.24, 2.45) is 5.92 Å². The standard InChI is InChI=1S/C18H22N2O2S/c1-5-15-18(23-10-19-15)20-17(22)12(4)13-6-8-14(9-7-13)16(21)11(2)3/h6-12H,5H2,1-4H3,(H,20,22)/t12-/m0/s1. The van der Waals surface area contributed by atoms with Gasteiger partial charge in [-0.1, -0.05) is 45.0 Å². The molecule has 0 saturated carbocycles. The molecule has 1 atom stereocenters. The monoisotopic (exact) mass is 330 g/mol. The third-order valence-corrected chi connectivity index (χ3v) is 4.61. The number of ketones is 1. The van der Waals surface area contributed by atoms with Gasteiger partial charge in [0.25, 0.3) is 0 Å².